The lowest BCUT2D eigenvalue weighted by Gasteiger charge is -2.03. The first kappa shape index (κ1) is 18.7. The number of amides is 1. The highest BCUT2D eigenvalue weighted by molar-refractivity contribution is 7.91. The third-order valence-electron chi connectivity index (χ3n) is 3.81. The van der Waals surface area contributed by atoms with E-state index in [0.717, 1.165) is 11.1 Å². The van der Waals surface area contributed by atoms with Crippen LogP contribution in [0, 0.1) is 6.92 Å². The van der Waals surface area contributed by atoms with Gasteiger partial charge in [-0.3, -0.25) is 9.78 Å². The lowest BCUT2D eigenvalue weighted by molar-refractivity contribution is 0.0907. The lowest BCUT2D eigenvalue weighted by atomic mass is 10.2. The minimum Gasteiger partial charge on any atom is -0.344 e. The number of rotatable bonds is 7. The quantitative estimate of drug-likeness (QED) is 0.657. The van der Waals surface area contributed by atoms with E-state index in [0.29, 0.717) is 0 Å². The molecule has 140 valence electrons. The van der Waals surface area contributed by atoms with Crippen molar-refractivity contribution in [2.24, 2.45) is 0 Å². The Bertz CT molecular complexity index is 1020. The van der Waals surface area contributed by atoms with E-state index in [-0.39, 0.29) is 35.3 Å². The van der Waals surface area contributed by atoms with Crippen LogP contribution in [0.2, 0.25) is 0 Å². The Balaban J connectivity index is 1.57. The van der Waals surface area contributed by atoms with Crippen molar-refractivity contribution in [1.29, 1.82) is 0 Å². The molecule has 0 atom stereocenters. The summed E-state index contributed by atoms with van der Waals surface area (Å²) in [5, 5.41) is 6.32. The third-order valence-corrected chi connectivity index (χ3v) is 5.54. The topological polar surface area (TPSA) is 115 Å². The molecule has 1 N–H and O–H groups in total. The Morgan fingerprint density at radius 1 is 1.19 bits per heavy atom. The first-order chi connectivity index (χ1) is 12.9. The van der Waals surface area contributed by atoms with Crippen molar-refractivity contribution < 1.29 is 17.7 Å². The standard InChI is InChI=1S/C18H18N4O4S/c1-13-4-6-15(7-5-13)27(24,25)10-8-16-21-18(26-22-16)17(23)20-12-14-3-2-9-19-11-14/h2-7,9,11H,8,10,12H2,1H3,(H,20,23). The summed E-state index contributed by atoms with van der Waals surface area (Å²) in [6, 6.07) is 10.2. The van der Waals surface area contributed by atoms with Gasteiger partial charge >= 0.3 is 11.8 Å². The van der Waals surface area contributed by atoms with E-state index in [4.69, 9.17) is 4.52 Å². The summed E-state index contributed by atoms with van der Waals surface area (Å²) in [6.45, 7) is 2.16. The maximum Gasteiger partial charge on any atom is 0.315 e. The molecule has 1 amide bonds. The minimum absolute atomic E-state index is 0.0512. The van der Waals surface area contributed by atoms with Crippen LogP contribution < -0.4 is 5.32 Å². The number of sulfone groups is 1. The summed E-state index contributed by atoms with van der Waals surface area (Å²) in [5.41, 5.74) is 1.81. The maximum atomic E-state index is 12.3. The molecule has 8 nitrogen and oxygen atoms in total. The van der Waals surface area contributed by atoms with Gasteiger partial charge in [0.05, 0.1) is 10.6 Å². The van der Waals surface area contributed by atoms with E-state index < -0.39 is 15.7 Å². The van der Waals surface area contributed by atoms with Gasteiger partial charge in [-0.25, -0.2) is 8.42 Å². The monoisotopic (exact) mass is 386 g/mol. The van der Waals surface area contributed by atoms with Crippen LogP contribution in [0.5, 0.6) is 0 Å². The van der Waals surface area contributed by atoms with E-state index in [1.165, 1.54) is 0 Å². The summed E-state index contributed by atoms with van der Waals surface area (Å²) in [7, 11) is -3.46. The van der Waals surface area contributed by atoms with Gasteiger partial charge < -0.3 is 9.84 Å². The average molecular weight is 386 g/mol. The first-order valence-corrected chi connectivity index (χ1v) is 9.88. The average Bonchev–Trinajstić information content (AvgIpc) is 3.15. The number of nitrogens with one attached hydrogen (secondary N) is 1. The number of carbonyl (C=O) groups is 1. The molecule has 3 aromatic rings. The van der Waals surface area contributed by atoms with Crippen molar-refractivity contribution in [2.45, 2.75) is 24.8 Å². The summed E-state index contributed by atoms with van der Waals surface area (Å²) in [4.78, 5) is 20.2. The molecular weight excluding hydrogens is 368 g/mol. The molecule has 0 radical (unpaired) electrons. The van der Waals surface area contributed by atoms with Crippen LogP contribution in [-0.4, -0.2) is 35.2 Å². The van der Waals surface area contributed by atoms with Gasteiger partial charge in [0.15, 0.2) is 15.7 Å². The molecule has 2 heterocycles. The molecule has 0 fully saturated rings. The molecule has 0 saturated heterocycles. The van der Waals surface area contributed by atoms with Crippen molar-refractivity contribution in [2.75, 3.05) is 5.75 Å². The van der Waals surface area contributed by atoms with E-state index in [1.54, 1.807) is 42.7 Å². The van der Waals surface area contributed by atoms with Gasteiger partial charge in [-0.1, -0.05) is 28.9 Å². The van der Waals surface area contributed by atoms with E-state index in [9.17, 15) is 13.2 Å². The molecular formula is C18H18N4O4S. The number of nitrogens with zero attached hydrogens (tertiary/aromatic N) is 3. The van der Waals surface area contributed by atoms with Crippen LogP contribution in [0.3, 0.4) is 0 Å². The third kappa shape index (κ3) is 4.98. The smallest absolute Gasteiger partial charge is 0.315 e. The molecule has 0 saturated carbocycles. The number of hydrogen-bond acceptors (Lipinski definition) is 7. The SMILES string of the molecule is Cc1ccc(S(=O)(=O)CCc2noc(C(=O)NCc3cccnc3)n2)cc1. The van der Waals surface area contributed by atoms with E-state index in [2.05, 4.69) is 20.4 Å². The molecule has 2 aromatic heterocycles. The Labute approximate surface area is 156 Å². The van der Waals surface area contributed by atoms with Crippen LogP contribution in [-0.2, 0) is 22.8 Å². The Kier molecular flexibility index (Phi) is 5.60. The van der Waals surface area contributed by atoms with Gasteiger partial charge in [0.25, 0.3) is 0 Å². The van der Waals surface area contributed by atoms with Crippen molar-refractivity contribution in [3.8, 4) is 0 Å². The van der Waals surface area contributed by atoms with Gasteiger partial charge in [-0.2, -0.15) is 4.98 Å². The molecule has 27 heavy (non-hydrogen) atoms. The van der Waals surface area contributed by atoms with Crippen LogP contribution in [0.25, 0.3) is 0 Å². The predicted molar refractivity (Wildman–Crippen MR) is 96.6 cm³/mol. The zero-order chi connectivity index (χ0) is 19.3. The van der Waals surface area contributed by atoms with Crippen molar-refractivity contribution in [1.82, 2.24) is 20.4 Å². The second-order valence-electron chi connectivity index (χ2n) is 5.94. The molecule has 0 unspecified atom stereocenters. The Morgan fingerprint density at radius 2 is 1.96 bits per heavy atom. The molecule has 0 spiro atoms. The maximum absolute atomic E-state index is 12.3. The number of carbonyl (C=O) groups excluding carboxylic acids is 1. The zero-order valence-electron chi connectivity index (χ0n) is 14.6. The van der Waals surface area contributed by atoms with Crippen molar-refractivity contribution in [3.05, 3.63) is 71.6 Å². The number of benzene rings is 1. The summed E-state index contributed by atoms with van der Waals surface area (Å²) < 4.78 is 29.6. The number of aryl methyl sites for hydroxylation is 2. The molecule has 0 aliphatic carbocycles. The summed E-state index contributed by atoms with van der Waals surface area (Å²) in [5.74, 6) is -0.746. The summed E-state index contributed by atoms with van der Waals surface area (Å²) >= 11 is 0. The molecule has 3 rings (SSSR count). The lowest BCUT2D eigenvalue weighted by Crippen LogP contribution is -2.23. The van der Waals surface area contributed by atoms with Crippen LogP contribution in [0.15, 0.2) is 58.2 Å². The highest BCUT2D eigenvalue weighted by atomic mass is 32.2. The molecule has 0 bridgehead atoms. The molecule has 9 heteroatoms. The largest absolute Gasteiger partial charge is 0.344 e. The zero-order valence-corrected chi connectivity index (χ0v) is 15.4. The van der Waals surface area contributed by atoms with Gasteiger partial charge in [-0.05, 0) is 30.7 Å². The first-order valence-electron chi connectivity index (χ1n) is 8.23. The summed E-state index contributed by atoms with van der Waals surface area (Å²) in [6.07, 6.45) is 3.32. The Hall–Kier alpha value is -3.07. The molecule has 0 aliphatic heterocycles. The van der Waals surface area contributed by atoms with Crippen molar-refractivity contribution in [3.63, 3.8) is 0 Å². The highest BCUT2D eigenvalue weighted by Gasteiger charge is 2.19. The number of pyridine rings is 1. The second-order valence-corrected chi connectivity index (χ2v) is 8.05. The normalized spacial score (nSPS) is 11.3. The highest BCUT2D eigenvalue weighted by Crippen LogP contribution is 2.13. The van der Waals surface area contributed by atoms with Gasteiger partial charge in [0.2, 0.25) is 0 Å². The van der Waals surface area contributed by atoms with Crippen LogP contribution >= 0.6 is 0 Å². The van der Waals surface area contributed by atoms with Crippen molar-refractivity contribution >= 4 is 15.7 Å². The fraction of sp³-hybridized carbons (Fsp3) is 0.222. The van der Waals surface area contributed by atoms with Crippen LogP contribution in [0.1, 0.15) is 27.6 Å². The van der Waals surface area contributed by atoms with E-state index in [1.807, 2.05) is 13.0 Å². The number of aromatic nitrogens is 3. The second kappa shape index (κ2) is 8.09. The Morgan fingerprint density at radius 3 is 2.67 bits per heavy atom. The minimum atomic E-state index is -3.46. The molecule has 0 aliphatic rings. The van der Waals surface area contributed by atoms with Crippen LogP contribution in [0.4, 0.5) is 0 Å². The van der Waals surface area contributed by atoms with Gasteiger partial charge in [-0.15, -0.1) is 0 Å². The number of hydrogen-bond donors (Lipinski definition) is 1. The predicted octanol–water partition coefficient (Wildman–Crippen LogP) is 1.72. The van der Waals surface area contributed by atoms with Gasteiger partial charge in [0, 0.05) is 25.4 Å². The van der Waals surface area contributed by atoms with E-state index >= 15 is 0 Å². The fourth-order valence-corrected chi connectivity index (χ4v) is 3.54. The van der Waals surface area contributed by atoms with Gasteiger partial charge in [0.1, 0.15) is 0 Å². The fourth-order valence-electron chi connectivity index (χ4n) is 2.30. The molecule has 1 aromatic carbocycles.